The lowest BCUT2D eigenvalue weighted by molar-refractivity contribution is -0.871. The molecule has 0 spiro atoms. The van der Waals surface area contributed by atoms with Crippen LogP contribution >= 0.6 is 0 Å². The molecular formula is C34H77N2O7+. The number of aliphatic hydroxyl groups excluding tert-OH is 5. The van der Waals surface area contributed by atoms with Gasteiger partial charge in [0.15, 0.2) is 0 Å². The van der Waals surface area contributed by atoms with Gasteiger partial charge in [-0.15, -0.1) is 0 Å². The van der Waals surface area contributed by atoms with E-state index in [2.05, 4.69) is 69.6 Å². The summed E-state index contributed by atoms with van der Waals surface area (Å²) in [7, 11) is 6.73. The number of nitrogens with zero attached hydrogens (tertiary/aromatic N) is 1. The van der Waals surface area contributed by atoms with Gasteiger partial charge < -0.3 is 40.9 Å². The zero-order chi connectivity index (χ0) is 34.7. The van der Waals surface area contributed by atoms with Crippen LogP contribution in [0.2, 0.25) is 0 Å². The van der Waals surface area contributed by atoms with Crippen molar-refractivity contribution in [3.8, 4) is 0 Å². The third kappa shape index (κ3) is 26.1. The SMILES string of the molecule is C.CC(C)(C)C1C(O)C(O)C(O)C(O)C1O.CC(C)(C)CC(N)C(=O)O.CC(C)(C)CC[N+](C)(C)C.CCCC(C)(C)C. The number of carboxylic acids is 1. The third-order valence-corrected chi connectivity index (χ3v) is 6.82. The molecule has 1 fully saturated rings. The quantitative estimate of drug-likeness (QED) is 0.212. The standard InChI is InChI=1S/C10H20O5.C9H22N.C7H15NO2.C7H16.CH4/c1-10(2,3)4-5(11)7(13)9(15)8(14)6(4)12;1-9(2,3)7-8-10(4,5)6;1-7(2,3)4-5(8)6(9)10;1-5-6-7(2,3)4;/h4-9,11-15H,1-3H3;7-8H2,1-6H3;5H,4,8H2,1-3H3,(H,9,10);5-6H2,1-4H3;1H4/q;+1;;;. The number of hydrogen-bond acceptors (Lipinski definition) is 7. The average molecular weight is 626 g/mol. The van der Waals surface area contributed by atoms with E-state index in [-0.39, 0.29) is 12.8 Å². The van der Waals surface area contributed by atoms with Crippen LogP contribution in [0.4, 0.5) is 0 Å². The summed E-state index contributed by atoms with van der Waals surface area (Å²) in [6.45, 7) is 28.5. The number of aliphatic carboxylic acids is 1. The maximum Gasteiger partial charge on any atom is 0.320 e. The van der Waals surface area contributed by atoms with Gasteiger partial charge in [0.25, 0.3) is 0 Å². The third-order valence-electron chi connectivity index (χ3n) is 6.82. The van der Waals surface area contributed by atoms with E-state index in [1.807, 2.05) is 20.8 Å². The minimum Gasteiger partial charge on any atom is -0.480 e. The lowest BCUT2D eigenvalue weighted by Crippen LogP contribution is -2.63. The summed E-state index contributed by atoms with van der Waals surface area (Å²) in [6, 6.07) is -0.722. The van der Waals surface area contributed by atoms with Crippen molar-refractivity contribution in [1.29, 1.82) is 0 Å². The lowest BCUT2D eigenvalue weighted by atomic mass is 9.66. The van der Waals surface area contributed by atoms with Crippen molar-refractivity contribution in [3.63, 3.8) is 0 Å². The highest BCUT2D eigenvalue weighted by Crippen LogP contribution is 2.38. The van der Waals surface area contributed by atoms with E-state index in [4.69, 9.17) is 10.8 Å². The second kappa shape index (κ2) is 19.6. The first-order valence-corrected chi connectivity index (χ1v) is 15.5. The predicted octanol–water partition coefficient (Wildman–Crippen LogP) is 4.90. The van der Waals surface area contributed by atoms with Gasteiger partial charge in [0.1, 0.15) is 24.4 Å². The topological polar surface area (TPSA) is 164 Å². The Morgan fingerprint density at radius 2 is 1.00 bits per heavy atom. The van der Waals surface area contributed by atoms with Gasteiger partial charge in [-0.25, -0.2) is 0 Å². The number of nitrogens with two attached hydrogens (primary N) is 1. The average Bonchev–Trinajstić information content (AvgIpc) is 2.72. The molecule has 9 nitrogen and oxygen atoms in total. The fourth-order valence-electron chi connectivity index (χ4n) is 4.43. The Kier molecular flexibility index (Phi) is 22.4. The van der Waals surface area contributed by atoms with Crippen molar-refractivity contribution in [2.45, 2.75) is 160 Å². The Hall–Kier alpha value is -0.810. The summed E-state index contributed by atoms with van der Waals surface area (Å²) < 4.78 is 1.08. The Bertz CT molecular complexity index is 695. The normalized spacial score (nSPS) is 25.3. The number of hydrogen-bond donors (Lipinski definition) is 7. The van der Waals surface area contributed by atoms with Gasteiger partial charge in [0, 0.05) is 12.3 Å². The smallest absolute Gasteiger partial charge is 0.320 e. The summed E-state index contributed by atoms with van der Waals surface area (Å²) in [6.07, 6.45) is -2.36. The van der Waals surface area contributed by atoms with Crippen LogP contribution in [0.15, 0.2) is 0 Å². The molecule has 43 heavy (non-hydrogen) atoms. The van der Waals surface area contributed by atoms with Gasteiger partial charge >= 0.3 is 5.97 Å². The van der Waals surface area contributed by atoms with Gasteiger partial charge in [-0.1, -0.05) is 104 Å². The van der Waals surface area contributed by atoms with Crippen molar-refractivity contribution >= 4 is 5.97 Å². The van der Waals surface area contributed by atoms with Crippen molar-refractivity contribution in [2.24, 2.45) is 33.3 Å². The molecule has 0 aromatic rings. The van der Waals surface area contributed by atoms with Gasteiger partial charge in [0.05, 0.1) is 39.9 Å². The second-order valence-electron chi connectivity index (χ2n) is 17.7. The molecule has 1 rings (SSSR count). The number of carbonyl (C=O) groups is 1. The molecule has 0 bridgehead atoms. The Labute approximate surface area is 266 Å². The van der Waals surface area contributed by atoms with Crippen LogP contribution in [-0.2, 0) is 4.79 Å². The molecule has 0 aliphatic heterocycles. The zero-order valence-electron chi connectivity index (χ0n) is 30.2. The van der Waals surface area contributed by atoms with Crippen molar-refractivity contribution in [1.82, 2.24) is 0 Å². The zero-order valence-corrected chi connectivity index (χ0v) is 30.2. The molecule has 0 heterocycles. The highest BCUT2D eigenvalue weighted by atomic mass is 16.4. The molecule has 0 saturated heterocycles. The number of quaternary nitrogens is 1. The van der Waals surface area contributed by atoms with E-state index in [1.54, 1.807) is 20.8 Å². The van der Waals surface area contributed by atoms with E-state index in [0.29, 0.717) is 17.3 Å². The molecule has 1 saturated carbocycles. The second-order valence-corrected chi connectivity index (χ2v) is 17.7. The van der Waals surface area contributed by atoms with Crippen molar-refractivity contribution < 1.29 is 39.9 Å². The largest absolute Gasteiger partial charge is 0.480 e. The van der Waals surface area contributed by atoms with Crippen LogP contribution in [0.5, 0.6) is 0 Å². The van der Waals surface area contributed by atoms with Gasteiger partial charge in [-0.05, 0) is 34.5 Å². The van der Waals surface area contributed by atoms with E-state index in [0.717, 1.165) is 4.48 Å². The molecule has 5 unspecified atom stereocenters. The minimum atomic E-state index is -1.51. The van der Waals surface area contributed by atoms with Crippen LogP contribution < -0.4 is 5.73 Å². The monoisotopic (exact) mass is 626 g/mol. The molecule has 264 valence electrons. The van der Waals surface area contributed by atoms with E-state index in [1.165, 1.54) is 25.8 Å². The van der Waals surface area contributed by atoms with Crippen molar-refractivity contribution in [2.75, 3.05) is 27.7 Å². The number of aliphatic hydroxyl groups is 5. The summed E-state index contributed by atoms with van der Waals surface area (Å²) >= 11 is 0. The number of carboxylic acid groups (broad SMARTS) is 1. The molecule has 5 atom stereocenters. The van der Waals surface area contributed by atoms with E-state index in [9.17, 15) is 30.3 Å². The molecule has 0 radical (unpaired) electrons. The minimum absolute atomic E-state index is 0. The van der Waals surface area contributed by atoms with Crippen molar-refractivity contribution in [3.05, 3.63) is 0 Å². The van der Waals surface area contributed by atoms with Crippen LogP contribution in [0.3, 0.4) is 0 Å². The van der Waals surface area contributed by atoms with Gasteiger partial charge in [-0.2, -0.15) is 0 Å². The first kappa shape index (κ1) is 49.1. The summed E-state index contributed by atoms with van der Waals surface area (Å²) in [5.74, 6) is -1.60. The van der Waals surface area contributed by atoms with Crippen LogP contribution in [-0.4, -0.2) is 105 Å². The maximum absolute atomic E-state index is 10.3. The first-order chi connectivity index (χ1) is 18.3. The van der Waals surface area contributed by atoms with E-state index < -0.39 is 53.9 Å². The molecule has 1 aliphatic rings. The maximum atomic E-state index is 10.3. The van der Waals surface area contributed by atoms with Crippen LogP contribution in [0, 0.1) is 27.6 Å². The Balaban J connectivity index is -0.000000243. The summed E-state index contributed by atoms with van der Waals surface area (Å²) in [4.78, 5) is 10.3. The predicted molar refractivity (Wildman–Crippen MR) is 181 cm³/mol. The lowest BCUT2D eigenvalue weighted by Gasteiger charge is -2.47. The molecular weight excluding hydrogens is 548 g/mol. The molecule has 9 heteroatoms. The fraction of sp³-hybridized carbons (Fsp3) is 0.971. The molecule has 0 aromatic heterocycles. The van der Waals surface area contributed by atoms with Crippen LogP contribution in [0.25, 0.3) is 0 Å². The first-order valence-electron chi connectivity index (χ1n) is 15.5. The highest BCUT2D eigenvalue weighted by Gasteiger charge is 2.51. The van der Waals surface area contributed by atoms with Crippen LogP contribution in [0.1, 0.15) is 123 Å². The van der Waals surface area contributed by atoms with Gasteiger partial charge in [-0.3, -0.25) is 4.79 Å². The highest BCUT2D eigenvalue weighted by molar-refractivity contribution is 5.73. The molecule has 0 amide bonds. The molecule has 0 aromatic carbocycles. The Morgan fingerprint density at radius 3 is 1.14 bits per heavy atom. The number of rotatable bonds is 5. The van der Waals surface area contributed by atoms with Gasteiger partial charge in [0.2, 0.25) is 0 Å². The van der Waals surface area contributed by atoms with E-state index >= 15 is 0 Å². The molecule has 1 aliphatic carbocycles. The fourth-order valence-corrected chi connectivity index (χ4v) is 4.43. The Morgan fingerprint density at radius 1 is 0.674 bits per heavy atom. The summed E-state index contributed by atoms with van der Waals surface area (Å²) in [5, 5.41) is 56.3. The molecule has 8 N–H and O–H groups in total. The summed E-state index contributed by atoms with van der Waals surface area (Å²) in [5.41, 5.74) is 5.87.